The molecule has 0 heterocycles. The van der Waals surface area contributed by atoms with Crippen molar-refractivity contribution in [2.75, 3.05) is 5.73 Å². The van der Waals surface area contributed by atoms with Crippen molar-refractivity contribution in [1.82, 2.24) is 4.72 Å². The zero-order valence-electron chi connectivity index (χ0n) is 9.48. The fourth-order valence-electron chi connectivity index (χ4n) is 1.31. The van der Waals surface area contributed by atoms with Crippen LogP contribution in [-0.2, 0) is 10.0 Å². The van der Waals surface area contributed by atoms with Crippen molar-refractivity contribution in [2.24, 2.45) is 0 Å². The number of rotatable bonds is 5. The summed E-state index contributed by atoms with van der Waals surface area (Å²) in [6, 6.07) is 3.10. The third kappa shape index (κ3) is 3.54. The molecular weight excluding hydrogens is 243 g/mol. The predicted octanol–water partition coefficient (Wildman–Crippen LogP) is 1.65. The molecule has 0 fully saturated rings. The maximum Gasteiger partial charge on any atom is 0.240 e. The summed E-state index contributed by atoms with van der Waals surface area (Å²) in [4.78, 5) is -0.139. The number of nitrogens with one attached hydrogen (secondary N) is 1. The van der Waals surface area contributed by atoms with Crippen molar-refractivity contribution in [2.45, 2.75) is 24.3 Å². The second-order valence-electron chi connectivity index (χ2n) is 3.73. The van der Waals surface area contributed by atoms with Crippen molar-refractivity contribution >= 4 is 15.7 Å². The van der Waals surface area contributed by atoms with Crippen LogP contribution in [0.5, 0.6) is 0 Å². The molecular formula is C11H15FN2O2S. The van der Waals surface area contributed by atoms with Gasteiger partial charge in [-0.3, -0.25) is 0 Å². The number of nitrogen functional groups attached to an aromatic ring is 1. The van der Waals surface area contributed by atoms with Gasteiger partial charge in [0.2, 0.25) is 10.0 Å². The molecule has 0 aliphatic rings. The first-order valence-electron chi connectivity index (χ1n) is 5.05. The van der Waals surface area contributed by atoms with Gasteiger partial charge >= 0.3 is 0 Å². The average Bonchev–Trinajstić information content (AvgIpc) is 2.21. The van der Waals surface area contributed by atoms with Gasteiger partial charge in [-0.1, -0.05) is 6.08 Å². The van der Waals surface area contributed by atoms with Gasteiger partial charge in [-0.05, 0) is 31.5 Å². The molecule has 6 heteroatoms. The molecule has 0 amide bonds. The molecule has 0 radical (unpaired) electrons. The SMILES string of the molecule is C=CCC(C)NS(=O)(=O)c1ccc(N)c(F)c1. The summed E-state index contributed by atoms with van der Waals surface area (Å²) in [5.74, 6) is -0.746. The van der Waals surface area contributed by atoms with E-state index in [2.05, 4.69) is 11.3 Å². The Morgan fingerprint density at radius 1 is 1.59 bits per heavy atom. The predicted molar refractivity (Wildman–Crippen MR) is 65.4 cm³/mol. The topological polar surface area (TPSA) is 72.2 Å². The van der Waals surface area contributed by atoms with Crippen LogP contribution in [0.3, 0.4) is 0 Å². The van der Waals surface area contributed by atoms with Crippen LogP contribution in [0, 0.1) is 5.82 Å². The Kier molecular flexibility index (Phi) is 4.25. The van der Waals surface area contributed by atoms with Gasteiger partial charge in [0.15, 0.2) is 0 Å². The van der Waals surface area contributed by atoms with Gasteiger partial charge in [0.1, 0.15) is 5.82 Å². The number of benzene rings is 1. The minimum atomic E-state index is -3.71. The van der Waals surface area contributed by atoms with E-state index in [0.717, 1.165) is 6.07 Å². The third-order valence-corrected chi connectivity index (χ3v) is 3.75. The van der Waals surface area contributed by atoms with Crippen molar-refractivity contribution in [1.29, 1.82) is 0 Å². The van der Waals surface area contributed by atoms with Gasteiger partial charge in [0.25, 0.3) is 0 Å². The van der Waals surface area contributed by atoms with Crippen LogP contribution in [-0.4, -0.2) is 14.5 Å². The molecule has 0 spiro atoms. The van der Waals surface area contributed by atoms with Gasteiger partial charge in [-0.25, -0.2) is 17.5 Å². The van der Waals surface area contributed by atoms with Crippen molar-refractivity contribution in [3.63, 3.8) is 0 Å². The maximum absolute atomic E-state index is 13.2. The molecule has 3 N–H and O–H groups in total. The molecule has 0 aliphatic carbocycles. The molecule has 94 valence electrons. The molecule has 0 saturated carbocycles. The molecule has 0 aliphatic heterocycles. The summed E-state index contributed by atoms with van der Waals surface area (Å²) in [7, 11) is -3.71. The molecule has 1 aromatic carbocycles. The van der Waals surface area contributed by atoms with E-state index in [9.17, 15) is 12.8 Å². The molecule has 17 heavy (non-hydrogen) atoms. The molecule has 1 unspecified atom stereocenters. The highest BCUT2D eigenvalue weighted by molar-refractivity contribution is 7.89. The smallest absolute Gasteiger partial charge is 0.240 e. The largest absolute Gasteiger partial charge is 0.396 e. The first-order chi connectivity index (χ1) is 7.86. The zero-order chi connectivity index (χ0) is 13.1. The number of anilines is 1. The number of nitrogens with two attached hydrogens (primary N) is 1. The van der Waals surface area contributed by atoms with Crippen LogP contribution in [0.1, 0.15) is 13.3 Å². The Hall–Kier alpha value is -1.40. The lowest BCUT2D eigenvalue weighted by molar-refractivity contribution is 0.560. The van der Waals surface area contributed by atoms with Crippen LogP contribution in [0.2, 0.25) is 0 Å². The van der Waals surface area contributed by atoms with Gasteiger partial charge in [-0.15, -0.1) is 6.58 Å². The molecule has 1 rings (SSSR count). The lowest BCUT2D eigenvalue weighted by Crippen LogP contribution is -2.32. The van der Waals surface area contributed by atoms with Crippen LogP contribution in [0.4, 0.5) is 10.1 Å². The van der Waals surface area contributed by atoms with E-state index in [4.69, 9.17) is 5.73 Å². The van der Waals surface area contributed by atoms with E-state index >= 15 is 0 Å². The van der Waals surface area contributed by atoms with E-state index < -0.39 is 15.8 Å². The third-order valence-electron chi connectivity index (χ3n) is 2.16. The zero-order valence-corrected chi connectivity index (χ0v) is 10.3. The molecule has 0 aromatic heterocycles. The van der Waals surface area contributed by atoms with E-state index in [1.165, 1.54) is 12.1 Å². The number of hydrogen-bond donors (Lipinski definition) is 2. The quantitative estimate of drug-likeness (QED) is 0.623. The summed E-state index contributed by atoms with van der Waals surface area (Å²) in [6.07, 6.45) is 2.10. The number of halogens is 1. The van der Waals surface area contributed by atoms with E-state index in [-0.39, 0.29) is 16.6 Å². The maximum atomic E-state index is 13.2. The first kappa shape index (κ1) is 13.7. The Balaban J connectivity index is 2.97. The Morgan fingerprint density at radius 2 is 2.24 bits per heavy atom. The lowest BCUT2D eigenvalue weighted by atomic mass is 10.3. The standard InChI is InChI=1S/C11H15FN2O2S/c1-3-4-8(2)14-17(15,16)9-5-6-11(13)10(12)7-9/h3,5-8,14H,1,4,13H2,2H3. The monoisotopic (exact) mass is 258 g/mol. The summed E-state index contributed by atoms with van der Waals surface area (Å²) in [5, 5.41) is 0. The fraction of sp³-hybridized carbons (Fsp3) is 0.273. The van der Waals surface area contributed by atoms with Crippen LogP contribution < -0.4 is 10.5 Å². The van der Waals surface area contributed by atoms with Gasteiger partial charge in [0.05, 0.1) is 10.6 Å². The van der Waals surface area contributed by atoms with E-state index in [1.807, 2.05) is 0 Å². The minimum Gasteiger partial charge on any atom is -0.396 e. The molecule has 0 bridgehead atoms. The van der Waals surface area contributed by atoms with Crippen LogP contribution in [0.25, 0.3) is 0 Å². The first-order valence-corrected chi connectivity index (χ1v) is 6.53. The van der Waals surface area contributed by atoms with Gasteiger partial charge < -0.3 is 5.73 Å². The normalized spacial score (nSPS) is 13.3. The number of sulfonamides is 1. The van der Waals surface area contributed by atoms with Gasteiger partial charge in [0, 0.05) is 6.04 Å². The molecule has 4 nitrogen and oxygen atoms in total. The summed E-state index contributed by atoms with van der Waals surface area (Å²) >= 11 is 0. The van der Waals surface area contributed by atoms with E-state index in [1.54, 1.807) is 13.0 Å². The molecule has 1 atom stereocenters. The molecule has 0 saturated heterocycles. The second-order valence-corrected chi connectivity index (χ2v) is 5.44. The van der Waals surface area contributed by atoms with Crippen LogP contribution >= 0.6 is 0 Å². The summed E-state index contributed by atoms with van der Waals surface area (Å²) in [6.45, 7) is 5.22. The second kappa shape index (κ2) is 5.29. The average molecular weight is 258 g/mol. The lowest BCUT2D eigenvalue weighted by Gasteiger charge is -2.12. The highest BCUT2D eigenvalue weighted by Crippen LogP contribution is 2.16. The Labute approximate surface area is 100 Å². The highest BCUT2D eigenvalue weighted by atomic mass is 32.2. The summed E-state index contributed by atoms with van der Waals surface area (Å²) in [5.41, 5.74) is 5.20. The number of hydrogen-bond acceptors (Lipinski definition) is 3. The Bertz CT molecular complexity index is 514. The van der Waals surface area contributed by atoms with Gasteiger partial charge in [-0.2, -0.15) is 0 Å². The Morgan fingerprint density at radius 3 is 2.76 bits per heavy atom. The van der Waals surface area contributed by atoms with E-state index in [0.29, 0.717) is 6.42 Å². The highest BCUT2D eigenvalue weighted by Gasteiger charge is 2.17. The minimum absolute atomic E-state index is 0.0805. The van der Waals surface area contributed by atoms with Crippen molar-refractivity contribution < 1.29 is 12.8 Å². The fourth-order valence-corrected chi connectivity index (χ4v) is 2.57. The van der Waals surface area contributed by atoms with Crippen molar-refractivity contribution in [3.8, 4) is 0 Å². The molecule has 1 aromatic rings. The van der Waals surface area contributed by atoms with Crippen LogP contribution in [0.15, 0.2) is 35.7 Å². The summed E-state index contributed by atoms with van der Waals surface area (Å²) < 4.78 is 39.2. The van der Waals surface area contributed by atoms with Crippen molar-refractivity contribution in [3.05, 3.63) is 36.7 Å².